The minimum absolute atomic E-state index is 0.308. The van der Waals surface area contributed by atoms with Crippen LogP contribution in [0.5, 0.6) is 11.5 Å². The molecule has 0 spiro atoms. The largest absolute Gasteiger partial charge is 0.508 e. The lowest BCUT2D eigenvalue weighted by Gasteiger charge is -2.15. The molecule has 1 unspecified atom stereocenters. The quantitative estimate of drug-likeness (QED) is 0.417. The van der Waals surface area contributed by atoms with E-state index in [9.17, 15) is 45.1 Å². The monoisotopic (exact) mass is 392 g/mol. The molecule has 2 rings (SSSR count). The number of aromatic carboxylic acids is 2. The number of hydrogen-bond acceptors (Lipinski definition) is 8. The lowest BCUT2D eigenvalue weighted by Crippen LogP contribution is -2.10. The summed E-state index contributed by atoms with van der Waals surface area (Å²) in [4.78, 5) is 43.2. The smallest absolute Gasteiger partial charge is 0.342 e. The van der Waals surface area contributed by atoms with Crippen LogP contribution in [0.3, 0.4) is 0 Å². The van der Waals surface area contributed by atoms with Crippen LogP contribution in [-0.2, 0) is 0 Å². The van der Waals surface area contributed by atoms with E-state index in [0.29, 0.717) is 12.1 Å². The van der Waals surface area contributed by atoms with Crippen molar-refractivity contribution in [1.29, 1.82) is 0 Å². The van der Waals surface area contributed by atoms with Gasteiger partial charge in [-0.2, -0.15) is 0 Å². The second-order valence-electron chi connectivity index (χ2n) is 5.71. The molecule has 12 heteroatoms. The highest BCUT2D eigenvalue weighted by Crippen LogP contribution is 2.41. The molecule has 0 saturated heterocycles. The lowest BCUT2D eigenvalue weighted by atomic mass is 9.88. The number of rotatable bonds is 6. The highest BCUT2D eigenvalue weighted by molar-refractivity contribution is 5.94. The molecule has 0 radical (unpaired) electrons. The van der Waals surface area contributed by atoms with Crippen molar-refractivity contribution in [2.45, 2.75) is 12.8 Å². The molecule has 0 saturated carbocycles. The number of carbonyl (C=O) groups is 2. The van der Waals surface area contributed by atoms with E-state index in [2.05, 4.69) is 0 Å². The van der Waals surface area contributed by atoms with Crippen molar-refractivity contribution in [3.63, 3.8) is 0 Å². The molecule has 2 aromatic carbocycles. The van der Waals surface area contributed by atoms with Crippen molar-refractivity contribution in [3.05, 3.63) is 66.7 Å². The second kappa shape index (κ2) is 7.19. The minimum Gasteiger partial charge on any atom is -0.508 e. The zero-order valence-electron chi connectivity index (χ0n) is 14.0. The van der Waals surface area contributed by atoms with E-state index in [1.165, 1.54) is 6.92 Å². The lowest BCUT2D eigenvalue weighted by molar-refractivity contribution is -0.386. The van der Waals surface area contributed by atoms with Crippen molar-refractivity contribution in [2.75, 3.05) is 0 Å². The zero-order chi connectivity index (χ0) is 21.3. The van der Waals surface area contributed by atoms with Gasteiger partial charge in [0.15, 0.2) is 0 Å². The van der Waals surface area contributed by atoms with Crippen LogP contribution >= 0.6 is 0 Å². The molecule has 0 amide bonds. The standard InChI is InChI=1S/C16H12N2O10/c1-6(8-5-13(20)10(15(21)22)4-12(8)17(25)26)9-2-7(19)3-11(16(23)24)14(9)18(27)28/h2-6,19-20H,1H3,(H,21,22)(H,23,24). The van der Waals surface area contributed by atoms with Crippen LogP contribution in [0.1, 0.15) is 44.7 Å². The van der Waals surface area contributed by atoms with Crippen LogP contribution in [0.4, 0.5) is 11.4 Å². The van der Waals surface area contributed by atoms with E-state index < -0.39 is 61.7 Å². The maximum Gasteiger partial charge on any atom is 0.342 e. The minimum atomic E-state index is -1.70. The molecule has 12 nitrogen and oxygen atoms in total. The first-order valence-corrected chi connectivity index (χ1v) is 7.44. The third kappa shape index (κ3) is 3.51. The Bertz CT molecular complexity index is 1030. The van der Waals surface area contributed by atoms with E-state index in [0.717, 1.165) is 12.1 Å². The topological polar surface area (TPSA) is 201 Å². The fourth-order valence-electron chi connectivity index (χ4n) is 2.77. The maximum atomic E-state index is 11.4. The maximum absolute atomic E-state index is 11.4. The van der Waals surface area contributed by atoms with E-state index in [1.807, 2.05) is 0 Å². The molecule has 0 aromatic heterocycles. The Morgan fingerprint density at radius 2 is 1.46 bits per heavy atom. The Hall–Kier alpha value is -4.22. The first-order valence-electron chi connectivity index (χ1n) is 7.44. The number of carboxylic acid groups (broad SMARTS) is 2. The van der Waals surface area contributed by atoms with Gasteiger partial charge in [-0.15, -0.1) is 0 Å². The number of phenols is 2. The van der Waals surface area contributed by atoms with Crippen molar-refractivity contribution in [2.24, 2.45) is 0 Å². The summed E-state index contributed by atoms with van der Waals surface area (Å²) in [7, 11) is 0. The third-order valence-corrected chi connectivity index (χ3v) is 4.04. The number of carboxylic acids is 2. The molecule has 0 fully saturated rings. The molecule has 0 heterocycles. The third-order valence-electron chi connectivity index (χ3n) is 4.04. The van der Waals surface area contributed by atoms with Crippen LogP contribution < -0.4 is 0 Å². The Morgan fingerprint density at radius 3 is 1.93 bits per heavy atom. The van der Waals surface area contributed by atoms with Gasteiger partial charge in [-0.05, 0) is 12.1 Å². The summed E-state index contributed by atoms with van der Waals surface area (Å²) in [5.41, 5.74) is -3.91. The van der Waals surface area contributed by atoms with Crippen molar-refractivity contribution >= 4 is 23.3 Å². The number of nitro benzene ring substituents is 2. The normalized spacial score (nSPS) is 11.6. The number of aromatic hydroxyl groups is 2. The summed E-state index contributed by atoms with van der Waals surface area (Å²) in [6.45, 7) is 1.25. The number of hydrogen-bond donors (Lipinski definition) is 4. The summed E-state index contributed by atoms with van der Waals surface area (Å²) in [5.74, 6) is -6.02. The molecular formula is C16H12N2O10. The fourth-order valence-corrected chi connectivity index (χ4v) is 2.77. The van der Waals surface area contributed by atoms with Gasteiger partial charge in [0.1, 0.15) is 22.6 Å². The molecule has 1 atom stereocenters. The van der Waals surface area contributed by atoms with Crippen LogP contribution in [0.2, 0.25) is 0 Å². The Kier molecular flexibility index (Phi) is 5.16. The van der Waals surface area contributed by atoms with Crippen LogP contribution in [0.15, 0.2) is 24.3 Å². The van der Waals surface area contributed by atoms with E-state index in [4.69, 9.17) is 5.11 Å². The molecule has 28 heavy (non-hydrogen) atoms. The number of nitrogens with zero attached hydrogens (tertiary/aromatic N) is 2. The van der Waals surface area contributed by atoms with Gasteiger partial charge in [0, 0.05) is 29.2 Å². The molecule has 0 aliphatic rings. The van der Waals surface area contributed by atoms with Gasteiger partial charge in [-0.1, -0.05) is 6.92 Å². The van der Waals surface area contributed by atoms with Crippen LogP contribution in [-0.4, -0.2) is 42.2 Å². The Morgan fingerprint density at radius 1 is 0.893 bits per heavy atom. The molecule has 146 valence electrons. The summed E-state index contributed by atoms with van der Waals surface area (Å²) in [5, 5.41) is 60.6. The molecule has 4 N–H and O–H groups in total. The molecular weight excluding hydrogens is 380 g/mol. The Balaban J connectivity index is 2.83. The predicted octanol–water partition coefficient (Wildman–Crippen LogP) is 2.46. The summed E-state index contributed by atoms with van der Waals surface area (Å²) >= 11 is 0. The molecule has 0 aliphatic carbocycles. The zero-order valence-corrected chi connectivity index (χ0v) is 14.0. The molecule has 0 bridgehead atoms. The van der Waals surface area contributed by atoms with Gasteiger partial charge in [-0.25, -0.2) is 9.59 Å². The van der Waals surface area contributed by atoms with Crippen LogP contribution in [0, 0.1) is 20.2 Å². The van der Waals surface area contributed by atoms with Gasteiger partial charge >= 0.3 is 11.9 Å². The number of phenolic OH excluding ortho intramolecular Hbond substituents is 1. The average Bonchev–Trinajstić information content (AvgIpc) is 2.58. The van der Waals surface area contributed by atoms with Crippen molar-refractivity contribution in [1.82, 2.24) is 0 Å². The van der Waals surface area contributed by atoms with E-state index in [1.54, 1.807) is 0 Å². The fraction of sp³-hybridized carbons (Fsp3) is 0.125. The highest BCUT2D eigenvalue weighted by Gasteiger charge is 2.33. The van der Waals surface area contributed by atoms with Crippen molar-refractivity contribution in [3.8, 4) is 11.5 Å². The van der Waals surface area contributed by atoms with Gasteiger partial charge in [0.2, 0.25) is 0 Å². The first-order chi connectivity index (χ1) is 13.0. The SMILES string of the molecule is CC(c1cc(O)c(C(=O)O)cc1[N+](=O)[O-])c1cc(O)cc(C(=O)O)c1[N+](=O)[O-]. The first kappa shape index (κ1) is 20.1. The second-order valence-corrected chi connectivity index (χ2v) is 5.71. The van der Waals surface area contributed by atoms with E-state index >= 15 is 0 Å². The van der Waals surface area contributed by atoms with Crippen LogP contribution in [0.25, 0.3) is 0 Å². The van der Waals surface area contributed by atoms with Gasteiger partial charge in [0.25, 0.3) is 11.4 Å². The van der Waals surface area contributed by atoms with Crippen molar-refractivity contribution < 1.29 is 39.9 Å². The number of benzene rings is 2. The number of nitro groups is 2. The van der Waals surface area contributed by atoms with E-state index in [-0.39, 0.29) is 11.1 Å². The molecule has 0 aliphatic heterocycles. The summed E-state index contributed by atoms with van der Waals surface area (Å²) < 4.78 is 0. The Labute approximate surface area is 155 Å². The van der Waals surface area contributed by atoms with Gasteiger partial charge in [0.05, 0.1) is 9.85 Å². The van der Waals surface area contributed by atoms with Gasteiger partial charge < -0.3 is 20.4 Å². The summed E-state index contributed by atoms with van der Waals surface area (Å²) in [6, 6.07) is 2.90. The predicted molar refractivity (Wildman–Crippen MR) is 91.0 cm³/mol. The summed E-state index contributed by atoms with van der Waals surface area (Å²) in [6.07, 6.45) is 0. The molecule has 2 aromatic rings. The average molecular weight is 392 g/mol. The van der Waals surface area contributed by atoms with Gasteiger partial charge in [-0.3, -0.25) is 20.2 Å². The highest BCUT2D eigenvalue weighted by atomic mass is 16.6.